The van der Waals surface area contributed by atoms with E-state index in [9.17, 15) is 4.79 Å². The zero-order valence-electron chi connectivity index (χ0n) is 8.54. The van der Waals surface area contributed by atoms with Crippen LogP contribution < -0.4 is 11.1 Å². The number of nitrogens with two attached hydrogens (primary N) is 1. The highest BCUT2D eigenvalue weighted by Gasteiger charge is 2.16. The number of hydrogen-bond donors (Lipinski definition) is 3. The highest BCUT2D eigenvalue weighted by molar-refractivity contribution is 5.80. The summed E-state index contributed by atoms with van der Waals surface area (Å²) in [7, 11) is 0. The second-order valence-electron chi connectivity index (χ2n) is 4.00. The van der Waals surface area contributed by atoms with Crippen molar-refractivity contribution in [1.29, 1.82) is 0 Å². The van der Waals surface area contributed by atoms with Crippen molar-refractivity contribution in [2.24, 2.45) is 11.7 Å². The Hall–Kier alpha value is -0.610. The molecule has 0 aromatic carbocycles. The van der Waals surface area contributed by atoms with Crippen LogP contribution in [0.3, 0.4) is 0 Å². The molecule has 82 valence electrons. The van der Waals surface area contributed by atoms with Gasteiger partial charge in [0.25, 0.3) is 0 Å². The lowest BCUT2D eigenvalue weighted by molar-refractivity contribution is -0.129. The standard InChI is InChI=1S/C10H20N2O2/c11-6-9(13)10(14)12-7-8-4-2-1-3-5-8/h8-9,13H,1-7,11H2,(H,12,14)/t9-/m0/s1. The second-order valence-corrected chi connectivity index (χ2v) is 4.00. The minimum Gasteiger partial charge on any atom is -0.382 e. The molecule has 0 unspecified atom stereocenters. The zero-order chi connectivity index (χ0) is 10.4. The van der Waals surface area contributed by atoms with Gasteiger partial charge in [0.2, 0.25) is 5.91 Å². The predicted octanol–water partition coefficient (Wildman–Crippen LogP) is 0.00250. The van der Waals surface area contributed by atoms with Crippen molar-refractivity contribution >= 4 is 5.91 Å². The van der Waals surface area contributed by atoms with E-state index in [2.05, 4.69) is 5.32 Å². The summed E-state index contributed by atoms with van der Waals surface area (Å²) in [6.07, 6.45) is 5.19. The Morgan fingerprint density at radius 2 is 2.07 bits per heavy atom. The molecule has 0 aromatic rings. The zero-order valence-corrected chi connectivity index (χ0v) is 8.54. The Balaban J connectivity index is 2.15. The Morgan fingerprint density at radius 1 is 1.43 bits per heavy atom. The van der Waals surface area contributed by atoms with Crippen LogP contribution in [0.15, 0.2) is 0 Å². The molecule has 1 aliphatic rings. The summed E-state index contributed by atoms with van der Waals surface area (Å²) in [5.41, 5.74) is 5.17. The van der Waals surface area contributed by atoms with Crippen LogP contribution in [-0.2, 0) is 4.79 Å². The Morgan fingerprint density at radius 3 is 2.64 bits per heavy atom. The number of carbonyl (C=O) groups is 1. The van der Waals surface area contributed by atoms with E-state index in [-0.39, 0.29) is 12.5 Å². The lowest BCUT2D eigenvalue weighted by Crippen LogP contribution is -2.41. The maximum atomic E-state index is 11.2. The molecular formula is C10H20N2O2. The van der Waals surface area contributed by atoms with Gasteiger partial charge in [-0.15, -0.1) is 0 Å². The Labute approximate surface area is 84.9 Å². The summed E-state index contributed by atoms with van der Waals surface area (Å²) in [4.78, 5) is 11.2. The highest BCUT2D eigenvalue weighted by Crippen LogP contribution is 2.22. The average Bonchev–Trinajstić information content (AvgIpc) is 2.26. The molecule has 0 heterocycles. The fourth-order valence-electron chi connectivity index (χ4n) is 1.86. The number of aliphatic hydroxyl groups excluding tert-OH is 1. The number of nitrogens with one attached hydrogen (secondary N) is 1. The molecule has 1 amide bonds. The van der Waals surface area contributed by atoms with Gasteiger partial charge in [-0.05, 0) is 18.8 Å². The first-order chi connectivity index (χ1) is 6.74. The van der Waals surface area contributed by atoms with Crippen LogP contribution in [0.25, 0.3) is 0 Å². The van der Waals surface area contributed by atoms with E-state index in [0.29, 0.717) is 12.5 Å². The smallest absolute Gasteiger partial charge is 0.250 e. The maximum absolute atomic E-state index is 11.2. The average molecular weight is 200 g/mol. The summed E-state index contributed by atoms with van der Waals surface area (Å²) in [5.74, 6) is 0.260. The molecule has 4 nitrogen and oxygen atoms in total. The van der Waals surface area contributed by atoms with Crippen LogP contribution in [0.1, 0.15) is 32.1 Å². The third-order valence-corrected chi connectivity index (χ3v) is 2.82. The molecule has 0 aromatic heterocycles. The number of amides is 1. The summed E-state index contributed by atoms with van der Waals surface area (Å²) in [6.45, 7) is 0.687. The molecule has 0 bridgehead atoms. The molecule has 1 rings (SSSR count). The van der Waals surface area contributed by atoms with Gasteiger partial charge in [-0.1, -0.05) is 19.3 Å². The van der Waals surface area contributed by atoms with Gasteiger partial charge in [0.15, 0.2) is 0 Å². The van der Waals surface area contributed by atoms with E-state index in [1.165, 1.54) is 32.1 Å². The van der Waals surface area contributed by atoms with Gasteiger partial charge in [-0.25, -0.2) is 0 Å². The fourth-order valence-corrected chi connectivity index (χ4v) is 1.86. The third kappa shape index (κ3) is 3.64. The Kier molecular flexibility index (Phi) is 4.90. The summed E-state index contributed by atoms with van der Waals surface area (Å²) in [5, 5.41) is 11.9. The molecule has 0 aliphatic heterocycles. The van der Waals surface area contributed by atoms with Crippen molar-refractivity contribution in [2.45, 2.75) is 38.2 Å². The predicted molar refractivity (Wildman–Crippen MR) is 54.6 cm³/mol. The molecule has 1 fully saturated rings. The fraction of sp³-hybridized carbons (Fsp3) is 0.900. The van der Waals surface area contributed by atoms with Crippen LogP contribution in [0, 0.1) is 5.92 Å². The van der Waals surface area contributed by atoms with Gasteiger partial charge in [0.05, 0.1) is 0 Å². The first-order valence-electron chi connectivity index (χ1n) is 5.40. The molecule has 1 aliphatic carbocycles. The summed E-state index contributed by atoms with van der Waals surface area (Å²) in [6, 6.07) is 0. The van der Waals surface area contributed by atoms with Crippen LogP contribution in [0.2, 0.25) is 0 Å². The van der Waals surface area contributed by atoms with Gasteiger partial charge >= 0.3 is 0 Å². The van der Waals surface area contributed by atoms with Crippen molar-refractivity contribution in [2.75, 3.05) is 13.1 Å². The van der Waals surface area contributed by atoms with Gasteiger partial charge in [-0.2, -0.15) is 0 Å². The molecule has 14 heavy (non-hydrogen) atoms. The van der Waals surface area contributed by atoms with Crippen molar-refractivity contribution in [1.82, 2.24) is 5.32 Å². The topological polar surface area (TPSA) is 75.3 Å². The van der Waals surface area contributed by atoms with E-state index < -0.39 is 6.10 Å². The maximum Gasteiger partial charge on any atom is 0.250 e. The molecule has 4 N–H and O–H groups in total. The molecule has 4 heteroatoms. The van der Waals surface area contributed by atoms with Crippen molar-refractivity contribution in [3.8, 4) is 0 Å². The monoisotopic (exact) mass is 200 g/mol. The normalized spacial score (nSPS) is 20.4. The van der Waals surface area contributed by atoms with Crippen molar-refractivity contribution < 1.29 is 9.90 Å². The lowest BCUT2D eigenvalue weighted by Gasteiger charge is -2.22. The molecular weight excluding hydrogens is 180 g/mol. The van der Waals surface area contributed by atoms with E-state index in [1.54, 1.807) is 0 Å². The largest absolute Gasteiger partial charge is 0.382 e. The molecule has 0 saturated heterocycles. The molecule has 1 saturated carbocycles. The van der Waals surface area contributed by atoms with Crippen LogP contribution in [0.4, 0.5) is 0 Å². The van der Waals surface area contributed by atoms with E-state index in [1.807, 2.05) is 0 Å². The summed E-state index contributed by atoms with van der Waals surface area (Å²) >= 11 is 0. The SMILES string of the molecule is NC[C@H](O)C(=O)NCC1CCCCC1. The van der Waals surface area contributed by atoms with Crippen LogP contribution >= 0.6 is 0 Å². The van der Waals surface area contributed by atoms with E-state index in [0.717, 1.165) is 0 Å². The van der Waals surface area contributed by atoms with E-state index in [4.69, 9.17) is 10.8 Å². The number of aliphatic hydroxyl groups is 1. The second kappa shape index (κ2) is 5.98. The molecule has 1 atom stereocenters. The summed E-state index contributed by atoms with van der Waals surface area (Å²) < 4.78 is 0. The van der Waals surface area contributed by atoms with Gasteiger partial charge in [-0.3, -0.25) is 4.79 Å². The highest BCUT2D eigenvalue weighted by atomic mass is 16.3. The minimum atomic E-state index is -1.04. The first-order valence-corrected chi connectivity index (χ1v) is 5.40. The van der Waals surface area contributed by atoms with E-state index >= 15 is 0 Å². The van der Waals surface area contributed by atoms with Crippen LogP contribution in [-0.4, -0.2) is 30.2 Å². The number of hydrogen-bond acceptors (Lipinski definition) is 3. The molecule has 0 radical (unpaired) electrons. The molecule has 0 spiro atoms. The van der Waals surface area contributed by atoms with Gasteiger partial charge in [0.1, 0.15) is 6.10 Å². The van der Waals surface area contributed by atoms with Crippen molar-refractivity contribution in [3.05, 3.63) is 0 Å². The number of rotatable bonds is 4. The van der Waals surface area contributed by atoms with Crippen molar-refractivity contribution in [3.63, 3.8) is 0 Å². The first kappa shape index (κ1) is 11.5. The third-order valence-electron chi connectivity index (χ3n) is 2.82. The van der Waals surface area contributed by atoms with Gasteiger partial charge < -0.3 is 16.2 Å². The number of carbonyl (C=O) groups excluding carboxylic acids is 1. The van der Waals surface area contributed by atoms with Gasteiger partial charge in [0, 0.05) is 13.1 Å². The Bertz CT molecular complexity index is 179. The quantitative estimate of drug-likeness (QED) is 0.598. The minimum absolute atomic E-state index is 0.00347. The lowest BCUT2D eigenvalue weighted by atomic mass is 9.89. The van der Waals surface area contributed by atoms with Crippen LogP contribution in [0.5, 0.6) is 0 Å².